The molecule has 9 heteroatoms. The first-order valence-electron chi connectivity index (χ1n) is 9.50. The maximum Gasteiger partial charge on any atom is 0.240 e. The van der Waals surface area contributed by atoms with Gasteiger partial charge in [0.2, 0.25) is 15.2 Å². The molecule has 3 aromatic rings. The van der Waals surface area contributed by atoms with Crippen molar-refractivity contribution in [2.24, 2.45) is 0 Å². The molecule has 1 aliphatic carbocycles. The third-order valence-corrected chi connectivity index (χ3v) is 8.57. The average Bonchev–Trinajstić information content (AvgIpc) is 3.17. The van der Waals surface area contributed by atoms with E-state index in [9.17, 15) is 8.42 Å². The van der Waals surface area contributed by atoms with Crippen molar-refractivity contribution in [1.29, 1.82) is 0 Å². The topological polar surface area (TPSA) is 84.0 Å². The molecule has 1 saturated carbocycles. The molecule has 2 atom stereocenters. The van der Waals surface area contributed by atoms with Gasteiger partial charge in [0.1, 0.15) is 0 Å². The number of rotatable bonds is 7. The minimum atomic E-state index is -3.53. The normalized spacial score (nSPS) is 19.7. The maximum absolute atomic E-state index is 12.7. The van der Waals surface area contributed by atoms with Crippen molar-refractivity contribution >= 4 is 43.9 Å². The van der Waals surface area contributed by atoms with Crippen molar-refractivity contribution in [2.75, 3.05) is 5.32 Å². The molecule has 2 N–H and O–H groups in total. The zero-order chi connectivity index (χ0) is 20.1. The molecule has 1 aliphatic rings. The van der Waals surface area contributed by atoms with Gasteiger partial charge in [-0.1, -0.05) is 72.3 Å². The summed E-state index contributed by atoms with van der Waals surface area (Å²) >= 11 is 3.11. The molecule has 152 valence electrons. The van der Waals surface area contributed by atoms with Crippen LogP contribution in [0.4, 0.5) is 10.8 Å². The van der Waals surface area contributed by atoms with Crippen molar-refractivity contribution in [3.63, 3.8) is 0 Å². The van der Waals surface area contributed by atoms with E-state index in [1.165, 1.54) is 11.3 Å². The first-order valence-corrected chi connectivity index (χ1v) is 12.7. The number of thioether (sulfide) groups is 1. The highest BCUT2D eigenvalue weighted by Crippen LogP contribution is 2.37. The number of hydrogen-bond acceptors (Lipinski definition) is 7. The van der Waals surface area contributed by atoms with Gasteiger partial charge in [-0.2, -0.15) is 0 Å². The molecule has 1 aromatic heterocycles. The standard InChI is InChI=1S/C20H22N4O2S3/c25-29(26,16-11-5-2-6-12-16)24-17-13-7-8-14-18(17)27-20-23-22-19(28-20)21-15-9-3-1-4-10-15/h1-6,9-12,17-18,24H,7-8,13-14H2,(H,21,22)/t17-,18-/m0/s1. The Morgan fingerprint density at radius 3 is 2.38 bits per heavy atom. The highest BCUT2D eigenvalue weighted by molar-refractivity contribution is 8.01. The van der Waals surface area contributed by atoms with Gasteiger partial charge in [-0.05, 0) is 37.1 Å². The minimum absolute atomic E-state index is 0.117. The van der Waals surface area contributed by atoms with E-state index in [4.69, 9.17) is 0 Å². The molecule has 6 nitrogen and oxygen atoms in total. The van der Waals surface area contributed by atoms with E-state index in [0.717, 1.165) is 40.8 Å². The summed E-state index contributed by atoms with van der Waals surface area (Å²) in [7, 11) is -3.53. The second-order valence-corrected chi connectivity index (χ2v) is 11.0. The zero-order valence-electron chi connectivity index (χ0n) is 15.7. The van der Waals surface area contributed by atoms with Crippen molar-refractivity contribution in [3.8, 4) is 0 Å². The predicted molar refractivity (Wildman–Crippen MR) is 118 cm³/mol. The zero-order valence-corrected chi connectivity index (χ0v) is 18.1. The van der Waals surface area contributed by atoms with E-state index in [1.54, 1.807) is 36.0 Å². The highest BCUT2D eigenvalue weighted by Gasteiger charge is 2.31. The van der Waals surface area contributed by atoms with E-state index in [-0.39, 0.29) is 11.3 Å². The van der Waals surface area contributed by atoms with Crippen LogP contribution in [0.5, 0.6) is 0 Å². The Hall–Kier alpha value is -1.94. The number of nitrogens with one attached hydrogen (secondary N) is 2. The van der Waals surface area contributed by atoms with Gasteiger partial charge in [0.25, 0.3) is 0 Å². The number of benzene rings is 2. The average molecular weight is 447 g/mol. The fourth-order valence-electron chi connectivity index (χ4n) is 3.32. The van der Waals surface area contributed by atoms with Gasteiger partial charge >= 0.3 is 0 Å². The van der Waals surface area contributed by atoms with Crippen LogP contribution in [-0.4, -0.2) is 29.9 Å². The van der Waals surface area contributed by atoms with Crippen LogP contribution in [0, 0.1) is 0 Å². The number of anilines is 2. The second kappa shape index (κ2) is 9.25. The lowest BCUT2D eigenvalue weighted by atomic mass is 9.96. The van der Waals surface area contributed by atoms with Crippen LogP contribution in [0.1, 0.15) is 25.7 Å². The van der Waals surface area contributed by atoms with Crippen molar-refractivity contribution < 1.29 is 8.42 Å². The van der Waals surface area contributed by atoms with Crippen LogP contribution in [0.15, 0.2) is 69.9 Å². The van der Waals surface area contributed by atoms with Crippen LogP contribution < -0.4 is 10.0 Å². The quantitative estimate of drug-likeness (QED) is 0.549. The molecule has 1 fully saturated rings. The Labute approximate surface area is 179 Å². The largest absolute Gasteiger partial charge is 0.330 e. The van der Waals surface area contributed by atoms with Gasteiger partial charge in [-0.25, -0.2) is 13.1 Å². The van der Waals surface area contributed by atoms with Crippen molar-refractivity contribution in [3.05, 3.63) is 60.7 Å². The van der Waals surface area contributed by atoms with Crippen molar-refractivity contribution in [1.82, 2.24) is 14.9 Å². The Morgan fingerprint density at radius 2 is 1.62 bits per heavy atom. The number of hydrogen-bond donors (Lipinski definition) is 2. The van der Waals surface area contributed by atoms with Gasteiger partial charge in [0, 0.05) is 17.0 Å². The number of aromatic nitrogens is 2. The number of para-hydroxylation sites is 1. The molecule has 0 aliphatic heterocycles. The monoisotopic (exact) mass is 446 g/mol. The predicted octanol–water partition coefficient (Wildman–Crippen LogP) is 4.66. The summed E-state index contributed by atoms with van der Waals surface area (Å²) in [6.45, 7) is 0. The van der Waals surface area contributed by atoms with E-state index in [2.05, 4.69) is 20.2 Å². The summed E-state index contributed by atoms with van der Waals surface area (Å²) in [6.07, 6.45) is 3.90. The Balaban J connectivity index is 1.43. The highest BCUT2D eigenvalue weighted by atomic mass is 32.2. The summed E-state index contributed by atoms with van der Waals surface area (Å²) in [5.74, 6) is 0. The minimum Gasteiger partial charge on any atom is -0.330 e. The number of nitrogens with zero attached hydrogens (tertiary/aromatic N) is 2. The molecule has 0 unspecified atom stereocenters. The van der Waals surface area contributed by atoms with Crippen LogP contribution >= 0.6 is 23.1 Å². The first-order chi connectivity index (χ1) is 14.1. The molecule has 1 heterocycles. The van der Waals surface area contributed by atoms with E-state index >= 15 is 0 Å². The van der Waals surface area contributed by atoms with Crippen LogP contribution in [0.25, 0.3) is 0 Å². The summed E-state index contributed by atoms with van der Waals surface area (Å²) < 4.78 is 29.3. The lowest BCUT2D eigenvalue weighted by Crippen LogP contribution is -2.43. The third kappa shape index (κ3) is 5.36. The molecule has 0 radical (unpaired) electrons. The Kier molecular flexibility index (Phi) is 6.49. The SMILES string of the molecule is O=S(=O)(N[C@H]1CCCC[C@@H]1Sc1nnc(Nc2ccccc2)s1)c1ccccc1. The Bertz CT molecular complexity index is 1030. The smallest absolute Gasteiger partial charge is 0.240 e. The van der Waals surface area contributed by atoms with E-state index < -0.39 is 10.0 Å². The van der Waals surface area contributed by atoms with Gasteiger partial charge in [0.15, 0.2) is 4.34 Å². The summed E-state index contributed by atoms with van der Waals surface area (Å²) in [6, 6.07) is 18.3. The Morgan fingerprint density at radius 1 is 0.931 bits per heavy atom. The van der Waals surface area contributed by atoms with E-state index in [1.807, 2.05) is 36.4 Å². The first kappa shape index (κ1) is 20.3. The molecule has 29 heavy (non-hydrogen) atoms. The summed E-state index contributed by atoms with van der Waals surface area (Å²) in [4.78, 5) is 0.305. The van der Waals surface area contributed by atoms with Gasteiger partial charge in [-0.3, -0.25) is 0 Å². The maximum atomic E-state index is 12.7. The lowest BCUT2D eigenvalue weighted by molar-refractivity contribution is 0.423. The molecular formula is C20H22N4O2S3. The molecule has 0 bridgehead atoms. The molecular weight excluding hydrogens is 424 g/mol. The molecule has 4 rings (SSSR count). The van der Waals surface area contributed by atoms with E-state index in [0.29, 0.717) is 4.90 Å². The molecule has 2 aromatic carbocycles. The van der Waals surface area contributed by atoms with Gasteiger partial charge in [0.05, 0.1) is 4.90 Å². The molecule has 0 spiro atoms. The number of sulfonamides is 1. The fraction of sp³-hybridized carbons (Fsp3) is 0.300. The van der Waals surface area contributed by atoms with Gasteiger partial charge < -0.3 is 5.32 Å². The van der Waals surface area contributed by atoms with Gasteiger partial charge in [-0.15, -0.1) is 10.2 Å². The summed E-state index contributed by atoms with van der Waals surface area (Å²) in [5.41, 5.74) is 0.964. The van der Waals surface area contributed by atoms with Crippen molar-refractivity contribution in [2.45, 2.75) is 46.2 Å². The second-order valence-electron chi connectivity index (χ2n) is 6.85. The lowest BCUT2D eigenvalue weighted by Gasteiger charge is -2.30. The third-order valence-electron chi connectivity index (χ3n) is 4.75. The van der Waals surface area contributed by atoms with Crippen LogP contribution in [0.2, 0.25) is 0 Å². The molecule has 0 saturated heterocycles. The fourth-order valence-corrected chi connectivity index (χ4v) is 7.04. The van der Waals surface area contributed by atoms with Crippen LogP contribution in [0.3, 0.4) is 0 Å². The molecule has 0 amide bonds. The summed E-state index contributed by atoms with van der Waals surface area (Å²) in [5, 5.41) is 12.6. The van der Waals surface area contributed by atoms with Crippen LogP contribution in [-0.2, 0) is 10.0 Å².